The SMILES string of the molecule is Cc1csc2c(N3CC4CC3CN4Cc3ccccn3)ncnc12. The fourth-order valence-electron chi connectivity index (χ4n) is 4.06. The van der Waals surface area contributed by atoms with Crippen molar-refractivity contribution < 1.29 is 0 Å². The highest BCUT2D eigenvalue weighted by molar-refractivity contribution is 7.18. The maximum Gasteiger partial charge on any atom is 0.150 e. The number of thiophene rings is 1. The number of hydrogen-bond acceptors (Lipinski definition) is 6. The summed E-state index contributed by atoms with van der Waals surface area (Å²) in [4.78, 5) is 18.6. The molecule has 2 fully saturated rings. The molecule has 0 saturated carbocycles. The fraction of sp³-hybridized carbons (Fsp3) is 0.389. The molecule has 5 nitrogen and oxygen atoms in total. The zero-order valence-corrected chi connectivity index (χ0v) is 14.4. The van der Waals surface area contributed by atoms with Crippen molar-refractivity contribution in [1.29, 1.82) is 0 Å². The molecule has 2 unspecified atom stereocenters. The van der Waals surface area contributed by atoms with Gasteiger partial charge in [0.1, 0.15) is 12.1 Å². The Morgan fingerprint density at radius 3 is 2.92 bits per heavy atom. The van der Waals surface area contributed by atoms with E-state index in [2.05, 4.69) is 49.2 Å². The fourth-order valence-corrected chi connectivity index (χ4v) is 5.07. The second-order valence-electron chi connectivity index (χ2n) is 6.74. The van der Waals surface area contributed by atoms with E-state index in [-0.39, 0.29) is 0 Å². The minimum Gasteiger partial charge on any atom is -0.349 e. The van der Waals surface area contributed by atoms with Crippen LogP contribution in [0.15, 0.2) is 36.1 Å². The Bertz CT molecular complexity index is 878. The van der Waals surface area contributed by atoms with Crippen molar-refractivity contribution in [2.75, 3.05) is 18.0 Å². The number of likely N-dealkylation sites (tertiary alicyclic amines) is 1. The monoisotopic (exact) mass is 337 g/mol. The first-order valence-corrected chi connectivity index (χ1v) is 9.27. The van der Waals surface area contributed by atoms with E-state index in [0.717, 1.165) is 36.7 Å². The molecule has 0 N–H and O–H groups in total. The lowest BCUT2D eigenvalue weighted by Crippen LogP contribution is -2.46. The molecule has 5 rings (SSSR count). The summed E-state index contributed by atoms with van der Waals surface area (Å²) in [6.45, 7) is 5.23. The lowest BCUT2D eigenvalue weighted by molar-refractivity contribution is 0.227. The van der Waals surface area contributed by atoms with Gasteiger partial charge in [0, 0.05) is 37.9 Å². The van der Waals surface area contributed by atoms with Gasteiger partial charge in [-0.25, -0.2) is 9.97 Å². The van der Waals surface area contributed by atoms with Gasteiger partial charge in [0.2, 0.25) is 0 Å². The van der Waals surface area contributed by atoms with Crippen molar-refractivity contribution in [2.45, 2.75) is 32.0 Å². The predicted molar refractivity (Wildman–Crippen MR) is 96.3 cm³/mol. The van der Waals surface area contributed by atoms with Crippen LogP contribution in [0.25, 0.3) is 10.2 Å². The molecule has 5 heterocycles. The van der Waals surface area contributed by atoms with Crippen LogP contribution in [0.4, 0.5) is 5.82 Å². The van der Waals surface area contributed by atoms with E-state index in [4.69, 9.17) is 0 Å². The van der Waals surface area contributed by atoms with Crippen LogP contribution in [0.5, 0.6) is 0 Å². The van der Waals surface area contributed by atoms with Crippen molar-refractivity contribution >= 4 is 27.4 Å². The van der Waals surface area contributed by atoms with Crippen molar-refractivity contribution in [3.63, 3.8) is 0 Å². The minimum absolute atomic E-state index is 0.555. The Morgan fingerprint density at radius 2 is 2.12 bits per heavy atom. The highest BCUT2D eigenvalue weighted by Crippen LogP contribution is 2.39. The smallest absolute Gasteiger partial charge is 0.150 e. The summed E-state index contributed by atoms with van der Waals surface area (Å²) in [7, 11) is 0. The Hall–Kier alpha value is -2.05. The second-order valence-corrected chi connectivity index (χ2v) is 7.62. The lowest BCUT2D eigenvalue weighted by atomic mass is 10.2. The molecule has 2 aliphatic heterocycles. The van der Waals surface area contributed by atoms with E-state index in [1.54, 1.807) is 17.7 Å². The second kappa shape index (κ2) is 5.50. The molecule has 6 heteroatoms. The van der Waals surface area contributed by atoms with Crippen molar-refractivity contribution in [3.05, 3.63) is 47.4 Å². The number of aryl methyl sites for hydroxylation is 1. The van der Waals surface area contributed by atoms with Crippen molar-refractivity contribution in [1.82, 2.24) is 19.9 Å². The number of rotatable bonds is 3. The average molecular weight is 337 g/mol. The molecule has 24 heavy (non-hydrogen) atoms. The summed E-state index contributed by atoms with van der Waals surface area (Å²) < 4.78 is 1.24. The van der Waals surface area contributed by atoms with Crippen LogP contribution in [0.3, 0.4) is 0 Å². The number of hydrogen-bond donors (Lipinski definition) is 0. The van der Waals surface area contributed by atoms with E-state index < -0.39 is 0 Å². The molecule has 0 aromatic carbocycles. The van der Waals surface area contributed by atoms with Gasteiger partial charge in [0.25, 0.3) is 0 Å². The van der Waals surface area contributed by atoms with E-state index in [0.29, 0.717) is 12.1 Å². The highest BCUT2D eigenvalue weighted by atomic mass is 32.1. The van der Waals surface area contributed by atoms with Crippen LogP contribution in [0, 0.1) is 6.92 Å². The largest absolute Gasteiger partial charge is 0.349 e. The summed E-state index contributed by atoms with van der Waals surface area (Å²) in [5, 5.41) is 2.19. The van der Waals surface area contributed by atoms with Gasteiger partial charge in [0.05, 0.1) is 15.9 Å². The molecule has 2 aliphatic rings. The maximum absolute atomic E-state index is 4.62. The number of pyridine rings is 1. The molecule has 0 amide bonds. The van der Waals surface area contributed by atoms with Gasteiger partial charge in [0.15, 0.2) is 0 Å². The van der Waals surface area contributed by atoms with Gasteiger partial charge in [-0.1, -0.05) is 6.07 Å². The number of nitrogens with zero attached hydrogens (tertiary/aromatic N) is 5. The van der Waals surface area contributed by atoms with E-state index in [9.17, 15) is 0 Å². The van der Waals surface area contributed by atoms with Crippen LogP contribution in [-0.2, 0) is 6.54 Å². The van der Waals surface area contributed by atoms with E-state index in [1.807, 2.05) is 12.3 Å². The first-order chi connectivity index (χ1) is 11.8. The number of anilines is 1. The first-order valence-electron chi connectivity index (χ1n) is 8.39. The third kappa shape index (κ3) is 2.21. The molecule has 0 spiro atoms. The predicted octanol–water partition coefficient (Wildman–Crippen LogP) is 2.86. The summed E-state index contributed by atoms with van der Waals surface area (Å²) >= 11 is 1.77. The van der Waals surface area contributed by atoms with Gasteiger partial charge >= 0.3 is 0 Å². The first kappa shape index (κ1) is 14.3. The zero-order chi connectivity index (χ0) is 16.1. The number of aromatic nitrogens is 3. The Labute approximate surface area is 145 Å². The standard InChI is InChI=1S/C18H19N5S/c1-12-10-24-17-16(12)20-11-21-18(17)23-9-14-6-15(23)8-22(14)7-13-4-2-3-5-19-13/h2-5,10-11,14-15H,6-9H2,1H3. The van der Waals surface area contributed by atoms with Gasteiger partial charge in [-0.3, -0.25) is 9.88 Å². The van der Waals surface area contributed by atoms with Gasteiger partial charge < -0.3 is 4.90 Å². The lowest BCUT2D eigenvalue weighted by Gasteiger charge is -2.34. The molecule has 3 aromatic heterocycles. The Morgan fingerprint density at radius 1 is 1.17 bits per heavy atom. The molecule has 0 aliphatic carbocycles. The van der Waals surface area contributed by atoms with Crippen molar-refractivity contribution in [2.24, 2.45) is 0 Å². The quantitative estimate of drug-likeness (QED) is 0.735. The molecule has 3 aromatic rings. The topological polar surface area (TPSA) is 45.2 Å². The summed E-state index contributed by atoms with van der Waals surface area (Å²) in [5.41, 5.74) is 3.52. The third-order valence-electron chi connectivity index (χ3n) is 5.23. The average Bonchev–Trinajstić information content (AvgIpc) is 3.30. The molecule has 2 atom stereocenters. The Kier molecular flexibility index (Phi) is 3.28. The molecule has 0 radical (unpaired) electrons. The van der Waals surface area contributed by atoms with Crippen LogP contribution >= 0.6 is 11.3 Å². The molecular weight excluding hydrogens is 318 g/mol. The summed E-state index contributed by atoms with van der Waals surface area (Å²) in [5.74, 6) is 1.13. The van der Waals surface area contributed by atoms with E-state index in [1.165, 1.54) is 16.7 Å². The number of piperazine rings is 1. The highest BCUT2D eigenvalue weighted by Gasteiger charge is 2.44. The minimum atomic E-state index is 0.555. The summed E-state index contributed by atoms with van der Waals surface area (Å²) in [6, 6.07) is 7.32. The van der Waals surface area contributed by atoms with Gasteiger partial charge in [-0.2, -0.15) is 0 Å². The molecule has 2 saturated heterocycles. The van der Waals surface area contributed by atoms with Crippen molar-refractivity contribution in [3.8, 4) is 0 Å². The summed E-state index contributed by atoms with van der Waals surface area (Å²) in [6.07, 6.45) is 4.82. The zero-order valence-electron chi connectivity index (χ0n) is 13.6. The van der Waals surface area contributed by atoms with Crippen LogP contribution < -0.4 is 4.90 Å². The van der Waals surface area contributed by atoms with Gasteiger partial charge in [-0.15, -0.1) is 11.3 Å². The Balaban J connectivity index is 1.38. The molecular formula is C18H19N5S. The molecule has 2 bridgehead atoms. The van der Waals surface area contributed by atoms with Gasteiger partial charge in [-0.05, 0) is 36.4 Å². The maximum atomic E-state index is 4.62. The van der Waals surface area contributed by atoms with E-state index >= 15 is 0 Å². The van der Waals surface area contributed by atoms with Crippen LogP contribution in [0.1, 0.15) is 17.7 Å². The third-order valence-corrected chi connectivity index (χ3v) is 6.31. The number of fused-ring (bicyclic) bond motifs is 3. The van der Waals surface area contributed by atoms with Crippen LogP contribution in [0.2, 0.25) is 0 Å². The molecule has 122 valence electrons. The van der Waals surface area contributed by atoms with Crippen LogP contribution in [-0.4, -0.2) is 45.0 Å². The normalized spacial score (nSPS) is 23.5.